The molecule has 1 heterocycles. The van der Waals surface area contributed by atoms with E-state index in [4.69, 9.17) is 5.73 Å². The Morgan fingerprint density at radius 3 is 2.76 bits per heavy atom. The molecule has 0 spiro atoms. The third kappa shape index (κ3) is 3.73. The molecule has 1 saturated heterocycles. The van der Waals surface area contributed by atoms with Crippen molar-refractivity contribution < 1.29 is 9.18 Å². The Morgan fingerprint density at radius 1 is 1.43 bits per heavy atom. The van der Waals surface area contributed by atoms with Crippen LogP contribution in [-0.4, -0.2) is 29.9 Å². The van der Waals surface area contributed by atoms with Crippen LogP contribution in [0.4, 0.5) is 15.8 Å². The fraction of sp³-hybridized carbons (Fsp3) is 0.562. The summed E-state index contributed by atoms with van der Waals surface area (Å²) in [4.78, 5) is 14.4. The summed E-state index contributed by atoms with van der Waals surface area (Å²) in [6.45, 7) is 8.12. The van der Waals surface area contributed by atoms with E-state index in [-0.39, 0.29) is 17.6 Å². The minimum Gasteiger partial charge on any atom is -0.399 e. The van der Waals surface area contributed by atoms with Crippen LogP contribution in [0.15, 0.2) is 18.2 Å². The van der Waals surface area contributed by atoms with Gasteiger partial charge in [0.05, 0.1) is 11.7 Å². The molecule has 0 radical (unpaired) electrons. The number of halogens is 1. The number of nitrogens with two attached hydrogens (primary N) is 1. The largest absolute Gasteiger partial charge is 0.399 e. The predicted molar refractivity (Wildman–Crippen MR) is 83.4 cm³/mol. The van der Waals surface area contributed by atoms with Crippen LogP contribution in [0.3, 0.4) is 0 Å². The molecule has 1 aromatic rings. The molecular weight excluding hydrogens is 269 g/mol. The van der Waals surface area contributed by atoms with E-state index >= 15 is 0 Å². The van der Waals surface area contributed by atoms with Crippen LogP contribution in [-0.2, 0) is 4.79 Å². The first-order valence-electron chi connectivity index (χ1n) is 7.48. The smallest absolute Gasteiger partial charge is 0.241 e. The monoisotopic (exact) mass is 293 g/mol. The number of rotatable bonds is 4. The van der Waals surface area contributed by atoms with Gasteiger partial charge in [-0.2, -0.15) is 0 Å². The van der Waals surface area contributed by atoms with E-state index in [0.29, 0.717) is 17.5 Å². The fourth-order valence-corrected chi connectivity index (χ4v) is 2.75. The van der Waals surface area contributed by atoms with Gasteiger partial charge in [0.15, 0.2) is 0 Å². The molecule has 2 atom stereocenters. The van der Waals surface area contributed by atoms with Gasteiger partial charge >= 0.3 is 0 Å². The Balaban J connectivity index is 1.99. The van der Waals surface area contributed by atoms with E-state index in [1.807, 2.05) is 6.92 Å². The van der Waals surface area contributed by atoms with Gasteiger partial charge in [-0.1, -0.05) is 13.8 Å². The van der Waals surface area contributed by atoms with Crippen molar-refractivity contribution in [1.82, 2.24) is 4.90 Å². The van der Waals surface area contributed by atoms with Crippen LogP contribution in [0.25, 0.3) is 0 Å². The zero-order valence-corrected chi connectivity index (χ0v) is 12.9. The summed E-state index contributed by atoms with van der Waals surface area (Å²) < 4.78 is 13.7. The number of amides is 1. The lowest BCUT2D eigenvalue weighted by atomic mass is 9.95. The maximum Gasteiger partial charge on any atom is 0.241 e. The van der Waals surface area contributed by atoms with Gasteiger partial charge < -0.3 is 11.1 Å². The Hall–Kier alpha value is -1.62. The lowest BCUT2D eigenvalue weighted by molar-refractivity contribution is -0.120. The minimum absolute atomic E-state index is 0.145. The average Bonchev–Trinajstić information content (AvgIpc) is 2.91. The van der Waals surface area contributed by atoms with E-state index in [1.165, 1.54) is 18.2 Å². The molecule has 5 heteroatoms. The van der Waals surface area contributed by atoms with E-state index in [2.05, 4.69) is 24.1 Å². The summed E-state index contributed by atoms with van der Waals surface area (Å²) >= 11 is 0. The van der Waals surface area contributed by atoms with Gasteiger partial charge in [0, 0.05) is 12.2 Å². The summed E-state index contributed by atoms with van der Waals surface area (Å²) in [5.74, 6) is 0.594. The number of carbonyl (C=O) groups excluding carboxylic acids is 1. The number of nitrogens with one attached hydrogen (secondary N) is 1. The average molecular weight is 293 g/mol. The van der Waals surface area contributed by atoms with Gasteiger partial charge in [-0.25, -0.2) is 4.39 Å². The molecule has 116 valence electrons. The molecule has 3 N–H and O–H groups in total. The standard InChI is InChI=1S/C16H24FN3O/c1-10(2)12-6-7-20(9-12)11(3)16(21)19-15-8-13(18)4-5-14(15)17/h4-5,8,10-12H,6-7,9,18H2,1-3H3,(H,19,21). The highest BCUT2D eigenvalue weighted by Crippen LogP contribution is 2.25. The number of hydrogen-bond donors (Lipinski definition) is 2. The Kier molecular flexibility index (Phi) is 4.83. The SMILES string of the molecule is CC(C)C1CCN(C(C)C(=O)Nc2cc(N)ccc2F)C1. The molecular formula is C16H24FN3O. The summed E-state index contributed by atoms with van der Waals surface area (Å²) in [6, 6.07) is 3.91. The van der Waals surface area contributed by atoms with Crippen LogP contribution < -0.4 is 11.1 Å². The number of likely N-dealkylation sites (tertiary alicyclic amines) is 1. The van der Waals surface area contributed by atoms with E-state index < -0.39 is 5.82 Å². The quantitative estimate of drug-likeness (QED) is 0.839. The first kappa shape index (κ1) is 15.8. The lowest BCUT2D eigenvalue weighted by Crippen LogP contribution is -2.41. The fourth-order valence-electron chi connectivity index (χ4n) is 2.75. The highest BCUT2D eigenvalue weighted by molar-refractivity contribution is 5.95. The highest BCUT2D eigenvalue weighted by Gasteiger charge is 2.31. The van der Waals surface area contributed by atoms with E-state index in [1.54, 1.807) is 0 Å². The summed E-state index contributed by atoms with van der Waals surface area (Å²) in [7, 11) is 0. The maximum absolute atomic E-state index is 13.7. The normalized spacial score (nSPS) is 20.7. The first-order valence-corrected chi connectivity index (χ1v) is 7.48. The van der Waals surface area contributed by atoms with Gasteiger partial charge in [-0.15, -0.1) is 0 Å². The zero-order chi connectivity index (χ0) is 15.6. The van der Waals surface area contributed by atoms with Crippen LogP contribution in [0, 0.1) is 17.7 Å². The molecule has 1 aliphatic rings. The molecule has 2 rings (SSSR count). The molecule has 1 fully saturated rings. The maximum atomic E-state index is 13.7. The number of carbonyl (C=O) groups is 1. The molecule has 1 aliphatic heterocycles. The van der Waals surface area contributed by atoms with Crippen molar-refractivity contribution in [1.29, 1.82) is 0 Å². The summed E-state index contributed by atoms with van der Waals surface area (Å²) in [5.41, 5.74) is 6.20. The second-order valence-corrected chi connectivity index (χ2v) is 6.19. The zero-order valence-electron chi connectivity index (χ0n) is 12.9. The molecule has 1 aromatic carbocycles. The number of hydrogen-bond acceptors (Lipinski definition) is 3. The molecule has 1 amide bonds. The molecule has 4 nitrogen and oxygen atoms in total. The predicted octanol–water partition coefficient (Wildman–Crippen LogP) is 2.71. The van der Waals surface area contributed by atoms with Crippen molar-refractivity contribution in [3.8, 4) is 0 Å². The second-order valence-electron chi connectivity index (χ2n) is 6.19. The second kappa shape index (κ2) is 6.43. The van der Waals surface area contributed by atoms with Gasteiger partial charge in [0.25, 0.3) is 0 Å². The number of anilines is 2. The molecule has 0 aromatic heterocycles. The molecule has 2 unspecified atom stereocenters. The third-order valence-electron chi connectivity index (χ3n) is 4.37. The molecule has 0 saturated carbocycles. The summed E-state index contributed by atoms with van der Waals surface area (Å²) in [6.07, 6.45) is 1.11. The molecule has 0 bridgehead atoms. The van der Waals surface area contributed by atoms with E-state index in [0.717, 1.165) is 19.5 Å². The summed E-state index contributed by atoms with van der Waals surface area (Å²) in [5, 5.41) is 2.64. The van der Waals surface area contributed by atoms with Crippen molar-refractivity contribution in [2.24, 2.45) is 11.8 Å². The first-order chi connectivity index (χ1) is 9.88. The number of nitrogen functional groups attached to an aromatic ring is 1. The lowest BCUT2D eigenvalue weighted by Gasteiger charge is -2.24. The van der Waals surface area contributed by atoms with Crippen LogP contribution in [0.1, 0.15) is 27.2 Å². The van der Waals surface area contributed by atoms with Crippen molar-refractivity contribution >= 4 is 17.3 Å². The third-order valence-corrected chi connectivity index (χ3v) is 4.37. The number of benzene rings is 1. The topological polar surface area (TPSA) is 58.4 Å². The van der Waals surface area contributed by atoms with Gasteiger partial charge in [0.1, 0.15) is 5.82 Å². The van der Waals surface area contributed by atoms with Crippen LogP contribution in [0.5, 0.6) is 0 Å². The van der Waals surface area contributed by atoms with Crippen molar-refractivity contribution in [2.45, 2.75) is 33.2 Å². The molecule has 0 aliphatic carbocycles. The van der Waals surface area contributed by atoms with Crippen LogP contribution in [0.2, 0.25) is 0 Å². The van der Waals surface area contributed by atoms with Crippen LogP contribution >= 0.6 is 0 Å². The minimum atomic E-state index is -0.466. The molecule has 21 heavy (non-hydrogen) atoms. The van der Waals surface area contributed by atoms with Gasteiger partial charge in [-0.05, 0) is 49.9 Å². The van der Waals surface area contributed by atoms with Crippen molar-refractivity contribution in [3.63, 3.8) is 0 Å². The highest BCUT2D eigenvalue weighted by atomic mass is 19.1. The Labute approximate surface area is 125 Å². The van der Waals surface area contributed by atoms with Gasteiger partial charge in [0.2, 0.25) is 5.91 Å². The Morgan fingerprint density at radius 2 is 2.14 bits per heavy atom. The Bertz CT molecular complexity index is 518. The van der Waals surface area contributed by atoms with Gasteiger partial charge in [-0.3, -0.25) is 9.69 Å². The number of nitrogens with zero attached hydrogens (tertiary/aromatic N) is 1. The van der Waals surface area contributed by atoms with Crippen molar-refractivity contribution in [3.05, 3.63) is 24.0 Å². The van der Waals surface area contributed by atoms with E-state index in [9.17, 15) is 9.18 Å². The van der Waals surface area contributed by atoms with Crippen molar-refractivity contribution in [2.75, 3.05) is 24.1 Å².